The number of aryl methyl sites for hydroxylation is 1. The standard InChI is InChI=1S/C22H28N4O5/c1-13-19(21(28)26(25-13)16-8-10-31-11-9-16)24-23-18-7-3-6-17(20(18)27)14-4-2-5-15(12-14)22(29)30/h3,6-7,14-16,25,27H,2,4-5,8-12H2,1H3,(H,29,30). The van der Waals surface area contributed by atoms with Crippen LogP contribution in [-0.4, -0.2) is 39.2 Å². The van der Waals surface area contributed by atoms with Crippen molar-refractivity contribution < 1.29 is 19.7 Å². The average molecular weight is 428 g/mol. The Bertz CT molecular complexity index is 1040. The number of hydrogen-bond acceptors (Lipinski definition) is 6. The molecule has 1 aliphatic heterocycles. The lowest BCUT2D eigenvalue weighted by Gasteiger charge is -2.27. The predicted octanol–water partition coefficient (Wildman–Crippen LogP) is 4.32. The maximum absolute atomic E-state index is 12.8. The number of carboxylic acids is 1. The first-order valence-corrected chi connectivity index (χ1v) is 10.8. The number of aromatic amines is 1. The summed E-state index contributed by atoms with van der Waals surface area (Å²) in [5.74, 6) is -1.22. The molecule has 2 aliphatic rings. The zero-order chi connectivity index (χ0) is 22.0. The number of ether oxygens (including phenoxy) is 1. The van der Waals surface area contributed by atoms with E-state index in [1.807, 2.05) is 6.07 Å². The lowest BCUT2D eigenvalue weighted by atomic mass is 9.77. The fraction of sp³-hybridized carbons (Fsp3) is 0.545. The third-order valence-corrected chi connectivity index (χ3v) is 6.39. The Balaban J connectivity index is 1.58. The number of benzene rings is 1. The highest BCUT2D eigenvalue weighted by Gasteiger charge is 2.29. The summed E-state index contributed by atoms with van der Waals surface area (Å²) in [6.07, 6.45) is 4.32. The van der Waals surface area contributed by atoms with Gasteiger partial charge in [0.2, 0.25) is 0 Å². The number of nitrogens with one attached hydrogen (secondary N) is 1. The second kappa shape index (κ2) is 9.05. The summed E-state index contributed by atoms with van der Waals surface area (Å²) in [4.78, 5) is 24.2. The number of carboxylic acid groups (broad SMARTS) is 1. The predicted molar refractivity (Wildman–Crippen MR) is 113 cm³/mol. The fourth-order valence-corrected chi connectivity index (χ4v) is 4.64. The van der Waals surface area contributed by atoms with Gasteiger partial charge in [-0.3, -0.25) is 14.7 Å². The van der Waals surface area contributed by atoms with Crippen LogP contribution in [0.1, 0.15) is 61.7 Å². The molecule has 1 aliphatic carbocycles. The summed E-state index contributed by atoms with van der Waals surface area (Å²) >= 11 is 0. The Hall–Kier alpha value is -2.94. The highest BCUT2D eigenvalue weighted by Crippen LogP contribution is 2.43. The molecule has 1 aromatic carbocycles. The van der Waals surface area contributed by atoms with Crippen molar-refractivity contribution in [2.24, 2.45) is 16.1 Å². The molecule has 166 valence electrons. The number of rotatable bonds is 5. The molecule has 4 rings (SSSR count). The first kappa shape index (κ1) is 21.3. The van der Waals surface area contributed by atoms with E-state index < -0.39 is 11.9 Å². The number of H-pyrrole nitrogens is 1. The van der Waals surface area contributed by atoms with Crippen molar-refractivity contribution in [3.63, 3.8) is 0 Å². The number of aromatic nitrogens is 2. The highest BCUT2D eigenvalue weighted by atomic mass is 16.5. The van der Waals surface area contributed by atoms with Gasteiger partial charge in [0.25, 0.3) is 5.56 Å². The van der Waals surface area contributed by atoms with E-state index in [1.54, 1.807) is 23.7 Å². The lowest BCUT2D eigenvalue weighted by molar-refractivity contribution is -0.143. The molecule has 9 heteroatoms. The largest absolute Gasteiger partial charge is 0.505 e. The van der Waals surface area contributed by atoms with Crippen LogP contribution >= 0.6 is 0 Å². The van der Waals surface area contributed by atoms with Crippen LogP contribution in [0.2, 0.25) is 0 Å². The molecule has 31 heavy (non-hydrogen) atoms. The molecule has 3 N–H and O–H groups in total. The molecule has 0 radical (unpaired) electrons. The van der Waals surface area contributed by atoms with Crippen molar-refractivity contribution in [2.45, 2.75) is 57.4 Å². The van der Waals surface area contributed by atoms with Crippen LogP contribution in [0, 0.1) is 12.8 Å². The molecule has 2 fully saturated rings. The zero-order valence-electron chi connectivity index (χ0n) is 17.6. The smallest absolute Gasteiger partial charge is 0.306 e. The van der Waals surface area contributed by atoms with Gasteiger partial charge in [0.15, 0.2) is 5.69 Å². The lowest BCUT2D eigenvalue weighted by Crippen LogP contribution is -2.27. The molecule has 0 spiro atoms. The maximum atomic E-state index is 12.8. The fourth-order valence-electron chi connectivity index (χ4n) is 4.64. The monoisotopic (exact) mass is 428 g/mol. The summed E-state index contributed by atoms with van der Waals surface area (Å²) in [6.45, 7) is 3.02. The molecule has 0 amide bonds. The summed E-state index contributed by atoms with van der Waals surface area (Å²) < 4.78 is 6.96. The topological polar surface area (TPSA) is 129 Å². The Kier molecular flexibility index (Phi) is 6.22. The molecule has 1 saturated heterocycles. The van der Waals surface area contributed by atoms with E-state index in [1.165, 1.54) is 0 Å². The second-order valence-electron chi connectivity index (χ2n) is 8.42. The molecule has 2 unspecified atom stereocenters. The Morgan fingerprint density at radius 3 is 2.71 bits per heavy atom. The summed E-state index contributed by atoms with van der Waals surface area (Å²) in [6, 6.07) is 5.27. The van der Waals surface area contributed by atoms with Gasteiger partial charge >= 0.3 is 5.97 Å². The minimum atomic E-state index is -0.788. The first-order valence-electron chi connectivity index (χ1n) is 10.8. The Labute approximate surface area is 179 Å². The third kappa shape index (κ3) is 4.41. The summed E-state index contributed by atoms with van der Waals surface area (Å²) in [7, 11) is 0. The van der Waals surface area contributed by atoms with E-state index in [0.29, 0.717) is 37.3 Å². The Morgan fingerprint density at radius 1 is 1.19 bits per heavy atom. The van der Waals surface area contributed by atoms with E-state index in [-0.39, 0.29) is 34.6 Å². The van der Waals surface area contributed by atoms with Gasteiger partial charge in [-0.05, 0) is 56.6 Å². The first-order chi connectivity index (χ1) is 15.0. The van der Waals surface area contributed by atoms with Crippen LogP contribution in [0.3, 0.4) is 0 Å². The van der Waals surface area contributed by atoms with Crippen molar-refractivity contribution in [3.8, 4) is 5.75 Å². The van der Waals surface area contributed by atoms with Crippen molar-refractivity contribution in [1.29, 1.82) is 0 Å². The van der Waals surface area contributed by atoms with Crippen LogP contribution < -0.4 is 5.56 Å². The number of hydrogen-bond donors (Lipinski definition) is 3. The van der Waals surface area contributed by atoms with Gasteiger partial charge in [0, 0.05) is 13.2 Å². The van der Waals surface area contributed by atoms with E-state index in [9.17, 15) is 19.8 Å². The van der Waals surface area contributed by atoms with E-state index in [2.05, 4.69) is 15.3 Å². The number of azo groups is 1. The van der Waals surface area contributed by atoms with Crippen molar-refractivity contribution in [2.75, 3.05) is 13.2 Å². The highest BCUT2D eigenvalue weighted by molar-refractivity contribution is 5.70. The van der Waals surface area contributed by atoms with Gasteiger partial charge < -0.3 is 14.9 Å². The van der Waals surface area contributed by atoms with Crippen LogP contribution in [-0.2, 0) is 9.53 Å². The van der Waals surface area contributed by atoms with Gasteiger partial charge in [-0.1, -0.05) is 18.6 Å². The molecular weight excluding hydrogens is 400 g/mol. The van der Waals surface area contributed by atoms with Gasteiger partial charge in [-0.2, -0.15) is 0 Å². The number of phenols is 1. The van der Waals surface area contributed by atoms with E-state index in [0.717, 1.165) is 25.7 Å². The maximum Gasteiger partial charge on any atom is 0.306 e. The van der Waals surface area contributed by atoms with Crippen LogP contribution in [0.5, 0.6) is 5.75 Å². The van der Waals surface area contributed by atoms with Crippen LogP contribution in [0.25, 0.3) is 0 Å². The minimum absolute atomic E-state index is 0.000215. The number of nitrogens with zero attached hydrogens (tertiary/aromatic N) is 3. The number of para-hydroxylation sites is 1. The van der Waals surface area contributed by atoms with Crippen molar-refractivity contribution >= 4 is 17.3 Å². The van der Waals surface area contributed by atoms with E-state index in [4.69, 9.17) is 4.74 Å². The molecular formula is C22H28N4O5. The molecule has 1 aromatic heterocycles. The van der Waals surface area contributed by atoms with Gasteiger partial charge in [0.05, 0.1) is 17.7 Å². The van der Waals surface area contributed by atoms with Crippen molar-refractivity contribution in [3.05, 3.63) is 39.8 Å². The third-order valence-electron chi connectivity index (χ3n) is 6.39. The van der Waals surface area contributed by atoms with Crippen LogP contribution in [0.15, 0.2) is 33.2 Å². The van der Waals surface area contributed by atoms with Crippen molar-refractivity contribution in [1.82, 2.24) is 9.78 Å². The normalized spacial score (nSPS) is 22.7. The molecule has 2 atom stereocenters. The Morgan fingerprint density at radius 2 is 1.97 bits per heavy atom. The molecule has 2 heterocycles. The summed E-state index contributed by atoms with van der Waals surface area (Å²) in [5.41, 5.74) is 1.56. The van der Waals surface area contributed by atoms with E-state index >= 15 is 0 Å². The number of aromatic hydroxyl groups is 1. The minimum Gasteiger partial charge on any atom is -0.505 e. The average Bonchev–Trinajstić information content (AvgIpc) is 3.07. The van der Waals surface area contributed by atoms with Gasteiger partial charge in [-0.15, -0.1) is 10.2 Å². The molecule has 2 aromatic rings. The SMILES string of the molecule is Cc1[nH]n(C2CCOCC2)c(=O)c1N=Nc1cccc(C2CCCC(C(=O)O)C2)c1O. The number of phenolic OH excluding ortho intramolecular Hbond substituents is 1. The molecule has 0 bridgehead atoms. The van der Waals surface area contributed by atoms with Gasteiger partial charge in [-0.25, -0.2) is 4.68 Å². The number of carbonyl (C=O) groups is 1. The quantitative estimate of drug-likeness (QED) is 0.611. The van der Waals surface area contributed by atoms with Gasteiger partial charge in [0.1, 0.15) is 11.4 Å². The van der Waals surface area contributed by atoms with Crippen LogP contribution in [0.4, 0.5) is 11.4 Å². The molecule has 9 nitrogen and oxygen atoms in total. The second-order valence-corrected chi connectivity index (χ2v) is 8.42. The number of aliphatic carboxylic acids is 1. The zero-order valence-corrected chi connectivity index (χ0v) is 17.6. The molecule has 1 saturated carbocycles. The summed E-state index contributed by atoms with van der Waals surface area (Å²) in [5, 5.41) is 31.5.